The van der Waals surface area contributed by atoms with E-state index in [4.69, 9.17) is 4.89 Å². The van der Waals surface area contributed by atoms with E-state index in [0.29, 0.717) is 17.6 Å². The number of carbonyl (C=O) groups is 2. The maximum absolute atomic E-state index is 10.9. The normalized spacial score (nSPS) is 11.0. The first kappa shape index (κ1) is 15.6. The maximum atomic E-state index is 10.9. The number of hydrogen-bond donors (Lipinski definition) is 0. The van der Waals surface area contributed by atoms with Gasteiger partial charge in [-0.1, -0.05) is 6.58 Å². The Bertz CT molecular complexity index is 298. The van der Waals surface area contributed by atoms with Gasteiger partial charge in [0.25, 0.3) is 0 Å². The summed E-state index contributed by atoms with van der Waals surface area (Å²) in [6.07, 6.45) is -0.0153. The molecule has 0 aromatic heterocycles. The Labute approximate surface area is 101 Å². The average molecular weight is 245 g/mol. The van der Waals surface area contributed by atoms with E-state index in [0.717, 1.165) is 0 Å². The largest absolute Gasteiger partial charge is 0.550 e. The van der Waals surface area contributed by atoms with Crippen molar-refractivity contribution in [1.29, 1.82) is 0 Å². The molecule has 0 saturated heterocycles. The highest BCUT2D eigenvalue weighted by Crippen LogP contribution is 2.00. The van der Waals surface area contributed by atoms with Crippen molar-refractivity contribution in [3.63, 3.8) is 0 Å². The standard InChI is InChI=1S/C11H19NO5/c1-9(2)11(15)17-16-8-7-12(3,4)6-5-10(13)14/h1,5-8H2,2-4H3. The predicted molar refractivity (Wildman–Crippen MR) is 58.3 cm³/mol. The smallest absolute Gasteiger partial charge is 0.368 e. The first-order valence-electron chi connectivity index (χ1n) is 5.26. The summed E-state index contributed by atoms with van der Waals surface area (Å²) in [6.45, 7) is 6.07. The molecule has 0 radical (unpaired) electrons. The first-order valence-corrected chi connectivity index (χ1v) is 5.26. The van der Waals surface area contributed by atoms with Crippen LogP contribution in [0.3, 0.4) is 0 Å². The lowest BCUT2D eigenvalue weighted by molar-refractivity contribution is -0.891. The summed E-state index contributed by atoms with van der Waals surface area (Å²) in [5, 5.41) is 10.3. The quantitative estimate of drug-likeness (QED) is 0.185. The van der Waals surface area contributed by atoms with Crippen LogP contribution >= 0.6 is 0 Å². The Hall–Kier alpha value is -1.40. The van der Waals surface area contributed by atoms with Gasteiger partial charge in [-0.15, -0.1) is 0 Å². The van der Waals surface area contributed by atoms with Crippen LogP contribution in [0.15, 0.2) is 12.2 Å². The number of carbonyl (C=O) groups excluding carboxylic acids is 2. The van der Waals surface area contributed by atoms with Crippen molar-refractivity contribution < 1.29 is 29.0 Å². The molecule has 98 valence electrons. The number of aliphatic carboxylic acids is 1. The van der Waals surface area contributed by atoms with Crippen LogP contribution in [0.4, 0.5) is 0 Å². The third kappa shape index (κ3) is 8.41. The van der Waals surface area contributed by atoms with Crippen molar-refractivity contribution in [2.24, 2.45) is 0 Å². The molecule has 0 fully saturated rings. The molecule has 6 heteroatoms. The van der Waals surface area contributed by atoms with Gasteiger partial charge in [0.2, 0.25) is 0 Å². The maximum Gasteiger partial charge on any atom is 0.368 e. The zero-order chi connectivity index (χ0) is 13.5. The van der Waals surface area contributed by atoms with E-state index >= 15 is 0 Å². The highest BCUT2D eigenvalue weighted by Gasteiger charge is 2.15. The molecule has 6 nitrogen and oxygen atoms in total. The van der Waals surface area contributed by atoms with Crippen LogP contribution in [0.1, 0.15) is 13.3 Å². The molecule has 0 aliphatic rings. The highest BCUT2D eigenvalue weighted by molar-refractivity contribution is 5.86. The van der Waals surface area contributed by atoms with Crippen molar-refractivity contribution in [2.75, 3.05) is 33.8 Å². The molecule has 0 atom stereocenters. The van der Waals surface area contributed by atoms with E-state index in [1.54, 1.807) is 0 Å². The summed E-state index contributed by atoms with van der Waals surface area (Å²) in [5.41, 5.74) is 0.260. The van der Waals surface area contributed by atoms with E-state index in [2.05, 4.69) is 11.5 Å². The van der Waals surface area contributed by atoms with Crippen LogP contribution in [-0.4, -0.2) is 50.2 Å². The van der Waals surface area contributed by atoms with E-state index < -0.39 is 11.9 Å². The molecule has 0 saturated carbocycles. The lowest BCUT2D eigenvalue weighted by Gasteiger charge is -2.29. The van der Waals surface area contributed by atoms with Crippen molar-refractivity contribution in [2.45, 2.75) is 13.3 Å². The molecule has 0 spiro atoms. The number of hydrogen-bond acceptors (Lipinski definition) is 5. The SMILES string of the molecule is C=C(C)C(=O)OOCC[N+](C)(C)CCC(=O)[O-]. The van der Waals surface area contributed by atoms with Crippen molar-refractivity contribution >= 4 is 11.9 Å². The zero-order valence-corrected chi connectivity index (χ0v) is 10.5. The Kier molecular flexibility index (Phi) is 6.45. The lowest BCUT2D eigenvalue weighted by Crippen LogP contribution is -2.45. The number of rotatable bonds is 8. The van der Waals surface area contributed by atoms with Gasteiger partial charge < -0.3 is 14.4 Å². The number of quaternary nitrogens is 1. The molecule has 0 aliphatic carbocycles. The predicted octanol–water partition coefficient (Wildman–Crippen LogP) is -0.746. The molecule has 0 unspecified atom stereocenters. The summed E-state index contributed by atoms with van der Waals surface area (Å²) in [5.74, 6) is -1.68. The van der Waals surface area contributed by atoms with Gasteiger partial charge in [-0.25, -0.2) is 4.79 Å². The number of carboxylic acid groups (broad SMARTS) is 1. The minimum atomic E-state index is -1.08. The minimum Gasteiger partial charge on any atom is -0.550 e. The average Bonchev–Trinajstić information content (AvgIpc) is 2.21. The Morgan fingerprint density at radius 2 is 1.88 bits per heavy atom. The summed E-state index contributed by atoms with van der Waals surface area (Å²) in [7, 11) is 3.71. The third-order valence-electron chi connectivity index (χ3n) is 2.18. The van der Waals surface area contributed by atoms with E-state index in [1.807, 2.05) is 14.1 Å². The van der Waals surface area contributed by atoms with E-state index in [-0.39, 0.29) is 18.6 Å². The summed E-state index contributed by atoms with van der Waals surface area (Å²) < 4.78 is 0.443. The molecular weight excluding hydrogens is 226 g/mol. The number of carboxylic acids is 1. The molecule has 0 aliphatic heterocycles. The molecular formula is C11H19NO5. The van der Waals surface area contributed by atoms with Crippen LogP contribution in [0.5, 0.6) is 0 Å². The van der Waals surface area contributed by atoms with Crippen molar-refractivity contribution in [3.05, 3.63) is 12.2 Å². The monoisotopic (exact) mass is 245 g/mol. The van der Waals surface area contributed by atoms with Crippen LogP contribution in [0, 0.1) is 0 Å². The van der Waals surface area contributed by atoms with E-state index in [1.165, 1.54) is 6.92 Å². The summed E-state index contributed by atoms with van der Waals surface area (Å²) in [4.78, 5) is 30.4. The van der Waals surface area contributed by atoms with E-state index in [9.17, 15) is 14.7 Å². The van der Waals surface area contributed by atoms with Gasteiger partial charge in [0.05, 0.1) is 20.6 Å². The van der Waals surface area contributed by atoms with Crippen LogP contribution in [-0.2, 0) is 19.4 Å². The molecule has 17 heavy (non-hydrogen) atoms. The Morgan fingerprint density at radius 3 is 2.35 bits per heavy atom. The fraction of sp³-hybridized carbons (Fsp3) is 0.636. The topological polar surface area (TPSA) is 75.7 Å². The van der Waals surface area contributed by atoms with Gasteiger partial charge >= 0.3 is 5.97 Å². The molecule has 0 rings (SSSR count). The van der Waals surface area contributed by atoms with Gasteiger partial charge in [-0.05, 0) is 6.92 Å². The van der Waals surface area contributed by atoms with Crippen molar-refractivity contribution in [3.8, 4) is 0 Å². The molecule has 0 amide bonds. The molecule has 0 heterocycles. The zero-order valence-electron chi connectivity index (χ0n) is 10.5. The first-order chi connectivity index (χ1) is 7.74. The lowest BCUT2D eigenvalue weighted by atomic mass is 10.3. The van der Waals surface area contributed by atoms with Crippen molar-refractivity contribution in [1.82, 2.24) is 0 Å². The van der Waals surface area contributed by atoms with Gasteiger partial charge in [-0.2, -0.15) is 4.89 Å². The van der Waals surface area contributed by atoms with Gasteiger partial charge in [0.15, 0.2) is 0 Å². The molecule has 0 aromatic rings. The number of nitrogens with zero attached hydrogens (tertiary/aromatic N) is 1. The summed E-state index contributed by atoms with van der Waals surface area (Å²) >= 11 is 0. The van der Waals surface area contributed by atoms with Crippen LogP contribution in [0.25, 0.3) is 0 Å². The van der Waals surface area contributed by atoms with Crippen LogP contribution < -0.4 is 5.11 Å². The molecule has 0 aromatic carbocycles. The second-order valence-electron chi connectivity index (χ2n) is 4.48. The molecule has 0 N–H and O–H groups in total. The van der Waals surface area contributed by atoms with Gasteiger partial charge in [0.1, 0.15) is 13.2 Å². The number of likely N-dealkylation sites (N-methyl/N-ethyl adjacent to an activating group) is 1. The second-order valence-corrected chi connectivity index (χ2v) is 4.48. The minimum absolute atomic E-state index is 0.0153. The van der Waals surface area contributed by atoms with Crippen LogP contribution in [0.2, 0.25) is 0 Å². The third-order valence-corrected chi connectivity index (χ3v) is 2.18. The fourth-order valence-electron chi connectivity index (χ4n) is 0.956. The Balaban J connectivity index is 3.75. The van der Waals surface area contributed by atoms with Gasteiger partial charge in [0, 0.05) is 18.0 Å². The molecule has 0 bridgehead atoms. The second kappa shape index (κ2) is 7.03. The summed E-state index contributed by atoms with van der Waals surface area (Å²) in [6, 6.07) is 0. The Morgan fingerprint density at radius 1 is 1.29 bits per heavy atom. The van der Waals surface area contributed by atoms with Gasteiger partial charge in [-0.3, -0.25) is 4.89 Å². The highest BCUT2D eigenvalue weighted by atomic mass is 17.2. The fourth-order valence-corrected chi connectivity index (χ4v) is 0.956.